The van der Waals surface area contributed by atoms with Crippen LogP contribution in [-0.2, 0) is 11.4 Å². The van der Waals surface area contributed by atoms with Crippen LogP contribution in [0, 0.1) is 0 Å². The zero-order valence-electron chi connectivity index (χ0n) is 9.31. The van der Waals surface area contributed by atoms with Crippen LogP contribution in [0.2, 0.25) is 0 Å². The second-order valence-corrected chi connectivity index (χ2v) is 3.96. The second-order valence-electron chi connectivity index (χ2n) is 3.58. The average Bonchev–Trinajstić information content (AvgIpc) is 2.30. The Hall–Kier alpha value is -0.610. The topological polar surface area (TPSA) is 32.7 Å². The highest BCUT2D eigenvalue weighted by Gasteiger charge is 2.01. The van der Waals surface area contributed by atoms with E-state index >= 15 is 0 Å². The molecule has 1 aromatic rings. The highest BCUT2D eigenvalue weighted by Crippen LogP contribution is 2.04. The first-order valence-electron chi connectivity index (χ1n) is 5.52. The Bertz CT molecular complexity index is 269. The molecule has 0 unspecified atom stereocenters. The summed E-state index contributed by atoms with van der Waals surface area (Å²) in [6.45, 7) is 0.913. The van der Waals surface area contributed by atoms with Gasteiger partial charge in [-0.3, -0.25) is 10.0 Å². The molecule has 0 bridgehead atoms. The second kappa shape index (κ2) is 8.53. The Morgan fingerprint density at radius 2 is 1.88 bits per heavy atom. The third-order valence-corrected chi connectivity index (χ3v) is 2.45. The van der Waals surface area contributed by atoms with Crippen LogP contribution in [0.5, 0.6) is 0 Å². The molecule has 0 fully saturated rings. The predicted molar refractivity (Wildman–Crippen MR) is 64.3 cm³/mol. The van der Waals surface area contributed by atoms with E-state index < -0.39 is 0 Å². The number of hydrogen-bond donors (Lipinski definition) is 1. The fourth-order valence-corrected chi connectivity index (χ4v) is 1.52. The molecule has 1 aromatic carbocycles. The van der Waals surface area contributed by atoms with Gasteiger partial charge in [0.2, 0.25) is 0 Å². The number of hydrogen-bond acceptors (Lipinski definition) is 3. The molecule has 16 heavy (non-hydrogen) atoms. The lowest BCUT2D eigenvalue weighted by Crippen LogP contribution is -2.19. The van der Waals surface area contributed by atoms with Crippen molar-refractivity contribution in [2.45, 2.75) is 25.8 Å². The first kappa shape index (κ1) is 13.5. The number of nitrogens with zero attached hydrogens (tertiary/aromatic N) is 1. The van der Waals surface area contributed by atoms with Crippen LogP contribution < -0.4 is 0 Å². The highest BCUT2D eigenvalue weighted by molar-refractivity contribution is 6.17. The van der Waals surface area contributed by atoms with Crippen LogP contribution in [0.3, 0.4) is 0 Å². The maximum atomic E-state index is 9.44. The Labute approximate surface area is 102 Å². The van der Waals surface area contributed by atoms with Crippen LogP contribution in [0.25, 0.3) is 0 Å². The SMILES string of the molecule is ON(Cc1ccccc1)OCCCCCCl. The van der Waals surface area contributed by atoms with Gasteiger partial charge in [-0.1, -0.05) is 35.6 Å². The zero-order valence-corrected chi connectivity index (χ0v) is 10.1. The molecule has 0 saturated carbocycles. The molecule has 0 aromatic heterocycles. The molecule has 0 aliphatic heterocycles. The van der Waals surface area contributed by atoms with Crippen molar-refractivity contribution in [2.24, 2.45) is 0 Å². The van der Waals surface area contributed by atoms with Crippen LogP contribution >= 0.6 is 11.6 Å². The molecule has 0 amide bonds. The van der Waals surface area contributed by atoms with Gasteiger partial charge in [-0.2, -0.15) is 0 Å². The smallest absolute Gasteiger partial charge is 0.0765 e. The molecule has 0 atom stereocenters. The number of hydroxylamine groups is 2. The maximum absolute atomic E-state index is 9.44. The number of unbranched alkanes of at least 4 members (excludes halogenated alkanes) is 2. The van der Waals surface area contributed by atoms with Crippen molar-refractivity contribution in [3.63, 3.8) is 0 Å². The Morgan fingerprint density at radius 1 is 1.12 bits per heavy atom. The fraction of sp³-hybridized carbons (Fsp3) is 0.500. The summed E-state index contributed by atoms with van der Waals surface area (Å²) in [6, 6.07) is 9.70. The molecule has 4 heteroatoms. The third-order valence-electron chi connectivity index (χ3n) is 2.18. The average molecular weight is 244 g/mol. The Morgan fingerprint density at radius 3 is 2.56 bits per heavy atom. The molecular formula is C12H18ClNO2. The van der Waals surface area contributed by atoms with Gasteiger partial charge in [0, 0.05) is 5.88 Å². The van der Waals surface area contributed by atoms with Crippen LogP contribution in [0.4, 0.5) is 0 Å². The summed E-state index contributed by atoms with van der Waals surface area (Å²) in [7, 11) is 0. The molecule has 0 aliphatic rings. The van der Waals surface area contributed by atoms with Gasteiger partial charge in [0.1, 0.15) is 0 Å². The van der Waals surface area contributed by atoms with E-state index in [1.807, 2.05) is 30.3 Å². The van der Waals surface area contributed by atoms with Gasteiger partial charge in [-0.25, -0.2) is 0 Å². The first-order chi connectivity index (χ1) is 7.83. The lowest BCUT2D eigenvalue weighted by Gasteiger charge is -2.14. The summed E-state index contributed by atoms with van der Waals surface area (Å²) in [4.78, 5) is 5.14. The largest absolute Gasteiger partial charge is 0.289 e. The van der Waals surface area contributed by atoms with E-state index in [2.05, 4.69) is 0 Å². The minimum Gasteiger partial charge on any atom is -0.289 e. The van der Waals surface area contributed by atoms with E-state index in [0.717, 1.165) is 30.1 Å². The third kappa shape index (κ3) is 6.08. The highest BCUT2D eigenvalue weighted by atomic mass is 35.5. The molecule has 0 spiro atoms. The van der Waals surface area contributed by atoms with Gasteiger partial charge in [-0.15, -0.1) is 11.6 Å². The molecule has 0 heterocycles. The standard InChI is InChI=1S/C12H18ClNO2/c13-9-5-2-6-10-16-14(15)11-12-7-3-1-4-8-12/h1,3-4,7-8,15H,2,5-6,9-11H2. The maximum Gasteiger partial charge on any atom is 0.0765 e. The summed E-state index contributed by atoms with van der Waals surface area (Å²) in [5, 5.41) is 10.3. The van der Waals surface area contributed by atoms with Crippen LogP contribution in [0.15, 0.2) is 30.3 Å². The van der Waals surface area contributed by atoms with Gasteiger partial charge in [-0.05, 0) is 24.8 Å². The van der Waals surface area contributed by atoms with Crippen molar-refractivity contribution in [1.29, 1.82) is 0 Å². The lowest BCUT2D eigenvalue weighted by molar-refractivity contribution is -0.347. The Balaban J connectivity index is 2.09. The van der Waals surface area contributed by atoms with Gasteiger partial charge in [0.15, 0.2) is 0 Å². The summed E-state index contributed by atoms with van der Waals surface area (Å²) < 4.78 is 0. The fourth-order valence-electron chi connectivity index (χ4n) is 1.33. The van der Waals surface area contributed by atoms with Crippen LogP contribution in [-0.4, -0.2) is 22.9 Å². The van der Waals surface area contributed by atoms with Crippen molar-refractivity contribution in [2.75, 3.05) is 12.5 Å². The van der Waals surface area contributed by atoms with Gasteiger partial charge >= 0.3 is 0 Å². The van der Waals surface area contributed by atoms with E-state index in [0.29, 0.717) is 19.0 Å². The minimum atomic E-state index is 0.385. The number of rotatable bonds is 8. The van der Waals surface area contributed by atoms with E-state index in [9.17, 15) is 5.21 Å². The van der Waals surface area contributed by atoms with Crippen LogP contribution in [0.1, 0.15) is 24.8 Å². The number of alkyl halides is 1. The minimum absolute atomic E-state index is 0.385. The Kier molecular flexibility index (Phi) is 7.17. The normalized spacial score (nSPS) is 10.9. The summed E-state index contributed by atoms with van der Waals surface area (Å²) in [5.41, 5.74) is 1.02. The van der Waals surface area contributed by atoms with Gasteiger partial charge in [0.05, 0.1) is 13.2 Å². The van der Waals surface area contributed by atoms with Crippen molar-refractivity contribution >= 4 is 11.6 Å². The van der Waals surface area contributed by atoms with Crippen molar-refractivity contribution in [3.8, 4) is 0 Å². The molecule has 90 valence electrons. The summed E-state index contributed by atoms with van der Waals surface area (Å²) in [5.74, 6) is 0.687. The molecule has 1 rings (SSSR count). The van der Waals surface area contributed by atoms with Crippen molar-refractivity contribution in [3.05, 3.63) is 35.9 Å². The molecular weight excluding hydrogens is 226 g/mol. The quantitative estimate of drug-likeness (QED) is 0.432. The van der Waals surface area contributed by atoms with Gasteiger partial charge in [0.25, 0.3) is 0 Å². The van der Waals surface area contributed by atoms with Crippen molar-refractivity contribution in [1.82, 2.24) is 5.23 Å². The first-order valence-corrected chi connectivity index (χ1v) is 6.05. The predicted octanol–water partition coefficient (Wildman–Crippen LogP) is 3.22. The summed E-state index contributed by atoms with van der Waals surface area (Å²) >= 11 is 5.55. The molecule has 0 saturated heterocycles. The lowest BCUT2D eigenvalue weighted by atomic mass is 10.2. The molecule has 3 nitrogen and oxygen atoms in total. The molecule has 0 aliphatic carbocycles. The van der Waals surface area contributed by atoms with E-state index in [1.165, 1.54) is 0 Å². The monoisotopic (exact) mass is 243 g/mol. The summed E-state index contributed by atoms with van der Waals surface area (Å²) in [6.07, 6.45) is 2.94. The zero-order chi connectivity index (χ0) is 11.6. The van der Waals surface area contributed by atoms with E-state index in [-0.39, 0.29) is 0 Å². The van der Waals surface area contributed by atoms with Gasteiger partial charge < -0.3 is 0 Å². The molecule has 0 radical (unpaired) electrons. The van der Waals surface area contributed by atoms with Crippen molar-refractivity contribution < 1.29 is 10.0 Å². The van der Waals surface area contributed by atoms with E-state index in [1.54, 1.807) is 0 Å². The molecule has 1 N–H and O–H groups in total. The van der Waals surface area contributed by atoms with E-state index in [4.69, 9.17) is 16.4 Å². The number of benzene rings is 1. The number of halogens is 1.